The summed E-state index contributed by atoms with van der Waals surface area (Å²) in [5.41, 5.74) is 1.64. The van der Waals surface area contributed by atoms with Gasteiger partial charge in [0, 0.05) is 18.1 Å². The first-order chi connectivity index (χ1) is 17.7. The monoisotopic (exact) mass is 520 g/mol. The summed E-state index contributed by atoms with van der Waals surface area (Å²) in [5, 5.41) is 0. The second-order valence-corrected chi connectivity index (χ2v) is 9.65. The highest BCUT2D eigenvalue weighted by molar-refractivity contribution is 7.07. The van der Waals surface area contributed by atoms with Crippen LogP contribution in [0.5, 0.6) is 11.5 Å². The van der Waals surface area contributed by atoms with Crippen molar-refractivity contribution in [2.45, 2.75) is 46.8 Å². The number of benzene rings is 2. The van der Waals surface area contributed by atoms with Gasteiger partial charge >= 0.3 is 11.9 Å². The van der Waals surface area contributed by atoms with Gasteiger partial charge in [-0.05, 0) is 45.9 Å². The second-order valence-electron chi connectivity index (χ2n) is 8.64. The lowest BCUT2D eigenvalue weighted by atomic mass is 9.95. The summed E-state index contributed by atoms with van der Waals surface area (Å²) in [4.78, 5) is 43.6. The molecule has 0 radical (unpaired) electrons. The van der Waals surface area contributed by atoms with Gasteiger partial charge in [0.2, 0.25) is 0 Å². The lowest BCUT2D eigenvalue weighted by molar-refractivity contribution is -0.139. The fourth-order valence-electron chi connectivity index (χ4n) is 4.14. The molecule has 0 saturated carbocycles. The molecule has 1 atom stereocenters. The molecule has 1 aromatic heterocycles. The minimum atomic E-state index is -0.795. The number of rotatable bonds is 7. The molecule has 0 spiro atoms. The Morgan fingerprint density at radius 2 is 1.78 bits per heavy atom. The van der Waals surface area contributed by atoms with E-state index in [9.17, 15) is 14.4 Å². The van der Waals surface area contributed by atoms with Crippen molar-refractivity contribution in [2.24, 2.45) is 4.99 Å². The zero-order valence-electron chi connectivity index (χ0n) is 21.3. The topological polar surface area (TPSA) is 96.2 Å². The smallest absolute Gasteiger partial charge is 0.338 e. The minimum absolute atomic E-state index is 0.120. The zero-order valence-corrected chi connectivity index (χ0v) is 22.1. The van der Waals surface area contributed by atoms with E-state index >= 15 is 0 Å². The first-order valence-corrected chi connectivity index (χ1v) is 12.8. The molecule has 1 aliphatic rings. The van der Waals surface area contributed by atoms with Crippen molar-refractivity contribution in [1.29, 1.82) is 0 Å². The van der Waals surface area contributed by atoms with E-state index in [4.69, 9.17) is 14.2 Å². The van der Waals surface area contributed by atoms with Gasteiger partial charge in [0.25, 0.3) is 5.56 Å². The van der Waals surface area contributed by atoms with E-state index in [-0.39, 0.29) is 23.8 Å². The normalized spacial score (nSPS) is 15.3. The lowest BCUT2D eigenvalue weighted by Gasteiger charge is -2.26. The van der Waals surface area contributed by atoms with Crippen LogP contribution in [-0.2, 0) is 14.3 Å². The van der Waals surface area contributed by atoms with Crippen molar-refractivity contribution in [3.63, 3.8) is 0 Å². The summed E-state index contributed by atoms with van der Waals surface area (Å²) in [6.07, 6.45) is 1.55. The van der Waals surface area contributed by atoms with Gasteiger partial charge in [-0.15, -0.1) is 0 Å². The maximum absolute atomic E-state index is 13.9. The van der Waals surface area contributed by atoms with Crippen LogP contribution < -0.4 is 24.4 Å². The Labute approximate surface area is 218 Å². The molecule has 2 aromatic carbocycles. The van der Waals surface area contributed by atoms with Crippen molar-refractivity contribution < 1.29 is 23.8 Å². The molecule has 0 aliphatic carbocycles. The van der Waals surface area contributed by atoms with Gasteiger partial charge in [0.15, 0.2) is 4.80 Å². The molecule has 8 nitrogen and oxygen atoms in total. The molecule has 37 heavy (non-hydrogen) atoms. The first-order valence-electron chi connectivity index (χ1n) is 11.9. The summed E-state index contributed by atoms with van der Waals surface area (Å²) in [6.45, 7) is 8.80. The number of carbonyl (C=O) groups excluding carboxylic acids is 2. The number of para-hydroxylation sites is 2. The Morgan fingerprint density at radius 3 is 2.46 bits per heavy atom. The van der Waals surface area contributed by atoms with Crippen molar-refractivity contribution in [3.8, 4) is 11.5 Å². The molecule has 1 unspecified atom stereocenters. The molecule has 0 bridgehead atoms. The quantitative estimate of drug-likeness (QED) is 0.350. The number of hydrogen-bond acceptors (Lipinski definition) is 8. The molecule has 192 valence electrons. The molecule has 0 amide bonds. The van der Waals surface area contributed by atoms with E-state index < -0.39 is 18.0 Å². The highest BCUT2D eigenvalue weighted by atomic mass is 32.1. The number of nitrogens with zero attached hydrogens (tertiary/aromatic N) is 2. The van der Waals surface area contributed by atoms with Crippen LogP contribution in [0.3, 0.4) is 0 Å². The third-order valence-electron chi connectivity index (χ3n) is 5.55. The molecule has 2 heterocycles. The Balaban J connectivity index is 1.98. The van der Waals surface area contributed by atoms with E-state index in [2.05, 4.69) is 4.99 Å². The number of aromatic nitrogens is 1. The van der Waals surface area contributed by atoms with Crippen LogP contribution in [0.4, 0.5) is 0 Å². The molecule has 3 aromatic rings. The van der Waals surface area contributed by atoms with Crippen molar-refractivity contribution in [2.75, 3.05) is 6.61 Å². The summed E-state index contributed by atoms with van der Waals surface area (Å²) in [6, 6.07) is 13.5. The maximum Gasteiger partial charge on any atom is 0.338 e. The van der Waals surface area contributed by atoms with Crippen molar-refractivity contribution >= 4 is 29.4 Å². The van der Waals surface area contributed by atoms with E-state index in [0.717, 1.165) is 0 Å². The number of esters is 2. The van der Waals surface area contributed by atoms with Crippen LogP contribution >= 0.6 is 11.3 Å². The number of fused-ring (bicyclic) bond motifs is 1. The largest absolute Gasteiger partial charge is 0.491 e. The number of carbonyl (C=O) groups is 2. The average molecular weight is 521 g/mol. The predicted molar refractivity (Wildman–Crippen MR) is 140 cm³/mol. The number of hydrogen-bond donors (Lipinski definition) is 0. The predicted octanol–water partition coefficient (Wildman–Crippen LogP) is 3.51. The van der Waals surface area contributed by atoms with Gasteiger partial charge in [-0.3, -0.25) is 14.2 Å². The Hall–Kier alpha value is -3.98. The Bertz CT molecular complexity index is 1560. The zero-order chi connectivity index (χ0) is 26.7. The van der Waals surface area contributed by atoms with Crippen LogP contribution in [0.25, 0.3) is 6.08 Å². The highest BCUT2D eigenvalue weighted by Gasteiger charge is 2.35. The summed E-state index contributed by atoms with van der Waals surface area (Å²) < 4.78 is 18.6. The van der Waals surface area contributed by atoms with Gasteiger partial charge in [-0.2, -0.15) is 0 Å². The lowest BCUT2D eigenvalue weighted by Crippen LogP contribution is -2.40. The van der Waals surface area contributed by atoms with Crippen LogP contribution in [0.1, 0.15) is 51.8 Å². The van der Waals surface area contributed by atoms with Crippen molar-refractivity contribution in [3.05, 3.63) is 90.6 Å². The molecule has 0 N–H and O–H groups in total. The maximum atomic E-state index is 13.9. The SMILES string of the molecule is CCOC(=O)C1=C(C)N=c2sc(=Cc3ccccc3OC(C)=O)c(=O)n2C1c1ccccc1OC(C)C. The first kappa shape index (κ1) is 26.1. The number of thiazole rings is 1. The van der Waals surface area contributed by atoms with E-state index in [1.54, 1.807) is 44.2 Å². The van der Waals surface area contributed by atoms with Gasteiger partial charge < -0.3 is 14.2 Å². The Morgan fingerprint density at radius 1 is 1.11 bits per heavy atom. The van der Waals surface area contributed by atoms with Gasteiger partial charge in [0.1, 0.15) is 17.5 Å². The van der Waals surface area contributed by atoms with Crippen LogP contribution in [0, 0.1) is 0 Å². The fraction of sp³-hybridized carbons (Fsp3) is 0.286. The molecule has 9 heteroatoms. The van der Waals surface area contributed by atoms with Gasteiger partial charge in [-0.1, -0.05) is 47.7 Å². The van der Waals surface area contributed by atoms with Crippen LogP contribution in [0.2, 0.25) is 0 Å². The third-order valence-corrected chi connectivity index (χ3v) is 6.54. The van der Waals surface area contributed by atoms with Crippen molar-refractivity contribution in [1.82, 2.24) is 4.57 Å². The van der Waals surface area contributed by atoms with E-state index in [1.807, 2.05) is 38.1 Å². The van der Waals surface area contributed by atoms with Gasteiger partial charge in [0.05, 0.1) is 28.5 Å². The third kappa shape index (κ3) is 5.41. The molecule has 1 aliphatic heterocycles. The van der Waals surface area contributed by atoms with E-state index in [1.165, 1.54) is 22.8 Å². The van der Waals surface area contributed by atoms with E-state index in [0.29, 0.717) is 37.7 Å². The molecular weight excluding hydrogens is 492 g/mol. The summed E-state index contributed by atoms with van der Waals surface area (Å²) in [7, 11) is 0. The number of allylic oxidation sites excluding steroid dienone is 1. The fourth-order valence-corrected chi connectivity index (χ4v) is 5.18. The highest BCUT2D eigenvalue weighted by Crippen LogP contribution is 2.36. The summed E-state index contributed by atoms with van der Waals surface area (Å²) in [5.74, 6) is -0.0911. The molecule has 0 saturated heterocycles. The standard InChI is InChI=1S/C28H28N2O6S/c1-6-34-27(33)24-17(4)29-28-30(25(24)20-12-8-10-14-22(20)35-16(2)3)26(32)23(37-28)15-19-11-7-9-13-21(19)36-18(5)31/h7-16,25H,6H2,1-5H3. The van der Waals surface area contributed by atoms with Crippen LogP contribution in [-0.4, -0.2) is 29.2 Å². The average Bonchev–Trinajstić information content (AvgIpc) is 3.13. The van der Waals surface area contributed by atoms with Crippen LogP contribution in [0.15, 0.2) is 69.6 Å². The second kappa shape index (κ2) is 11.0. The molecule has 0 fully saturated rings. The van der Waals surface area contributed by atoms with Gasteiger partial charge in [-0.25, -0.2) is 9.79 Å². The molecular formula is C28H28N2O6S. The number of ether oxygens (including phenoxy) is 3. The Kier molecular flexibility index (Phi) is 7.73. The summed E-state index contributed by atoms with van der Waals surface area (Å²) >= 11 is 1.19. The minimum Gasteiger partial charge on any atom is -0.491 e. The molecule has 4 rings (SSSR count).